The summed E-state index contributed by atoms with van der Waals surface area (Å²) < 4.78 is 0. The largest absolute Gasteiger partial charge is 0.383 e. The third-order valence-electron chi connectivity index (χ3n) is 2.17. The van der Waals surface area contributed by atoms with Crippen LogP contribution in [-0.2, 0) is 11.2 Å². The van der Waals surface area contributed by atoms with Gasteiger partial charge in [0.05, 0.1) is 6.54 Å². The molecule has 4 N–H and O–H groups in total. The molecule has 1 heterocycles. The number of nitrogens with one attached hydrogen (secondary N) is 2. The maximum atomic E-state index is 11.1. The van der Waals surface area contributed by atoms with Gasteiger partial charge in [-0.15, -0.1) is 0 Å². The first-order valence-electron chi connectivity index (χ1n) is 5.22. The highest BCUT2D eigenvalue weighted by Gasteiger charge is 2.08. The number of hydrogen-bond donors (Lipinski definition) is 3. The average molecular weight is 223 g/mol. The Morgan fingerprint density at radius 2 is 2.25 bits per heavy atom. The van der Waals surface area contributed by atoms with Gasteiger partial charge in [0, 0.05) is 12.6 Å². The molecule has 0 aliphatic rings. The summed E-state index contributed by atoms with van der Waals surface area (Å²) in [5, 5.41) is 5.47. The number of aromatic nitrogens is 2. The summed E-state index contributed by atoms with van der Waals surface area (Å²) >= 11 is 0. The molecule has 0 spiro atoms. The fraction of sp³-hybridized carbons (Fsp3) is 0.500. The van der Waals surface area contributed by atoms with Gasteiger partial charge in [0.15, 0.2) is 0 Å². The van der Waals surface area contributed by atoms with Gasteiger partial charge in [0.25, 0.3) is 0 Å². The number of hydrogen-bond acceptors (Lipinski definition) is 5. The van der Waals surface area contributed by atoms with Crippen LogP contribution in [0.25, 0.3) is 0 Å². The van der Waals surface area contributed by atoms with Gasteiger partial charge in [-0.2, -0.15) is 0 Å². The summed E-state index contributed by atoms with van der Waals surface area (Å²) in [6.45, 7) is 2.23. The number of rotatable bonds is 5. The van der Waals surface area contributed by atoms with Crippen LogP contribution >= 0.6 is 0 Å². The van der Waals surface area contributed by atoms with Gasteiger partial charge < -0.3 is 16.4 Å². The van der Waals surface area contributed by atoms with Crippen molar-refractivity contribution >= 4 is 17.5 Å². The van der Waals surface area contributed by atoms with Crippen LogP contribution in [0.2, 0.25) is 0 Å². The lowest BCUT2D eigenvalue weighted by atomic mass is 10.1. The van der Waals surface area contributed by atoms with Gasteiger partial charge in [-0.05, 0) is 6.42 Å². The first kappa shape index (κ1) is 12.2. The maximum absolute atomic E-state index is 11.1. The summed E-state index contributed by atoms with van der Waals surface area (Å²) in [6.07, 6.45) is 3.13. The van der Waals surface area contributed by atoms with E-state index in [9.17, 15) is 4.79 Å². The molecule has 1 amide bonds. The predicted octanol–water partition coefficient (Wildman–Crippen LogP) is 0.169. The molecule has 0 unspecified atom stereocenters. The molecule has 88 valence electrons. The van der Waals surface area contributed by atoms with E-state index in [1.807, 2.05) is 0 Å². The van der Waals surface area contributed by atoms with E-state index in [0.29, 0.717) is 11.6 Å². The third-order valence-corrected chi connectivity index (χ3v) is 2.17. The average Bonchev–Trinajstić information content (AvgIpc) is 2.29. The zero-order valence-electron chi connectivity index (χ0n) is 9.58. The first-order chi connectivity index (χ1) is 7.69. The number of carbonyl (C=O) groups is 1. The van der Waals surface area contributed by atoms with Crippen LogP contribution in [0.1, 0.15) is 18.9 Å². The lowest BCUT2D eigenvalue weighted by Gasteiger charge is -2.10. The van der Waals surface area contributed by atoms with Crippen molar-refractivity contribution in [3.05, 3.63) is 11.9 Å². The molecule has 0 radical (unpaired) electrons. The molecule has 0 aliphatic carbocycles. The standard InChI is InChI=1S/C10H17N5O/c1-3-4-7-9(11)14-6-15-10(7)13-5-8(16)12-2/h6H,3-5H2,1-2H3,(H,12,16)(H3,11,13,14,15). The van der Waals surface area contributed by atoms with E-state index < -0.39 is 0 Å². The molecule has 0 aromatic carbocycles. The Kier molecular flexibility index (Phi) is 4.50. The third kappa shape index (κ3) is 3.08. The molecule has 0 atom stereocenters. The van der Waals surface area contributed by atoms with Gasteiger partial charge in [-0.1, -0.05) is 13.3 Å². The van der Waals surface area contributed by atoms with Crippen molar-refractivity contribution in [2.24, 2.45) is 0 Å². The quantitative estimate of drug-likeness (QED) is 0.661. The second kappa shape index (κ2) is 5.89. The normalized spacial score (nSPS) is 9.88. The molecule has 1 aromatic heterocycles. The molecule has 0 saturated heterocycles. The Morgan fingerprint density at radius 3 is 2.88 bits per heavy atom. The van der Waals surface area contributed by atoms with Crippen molar-refractivity contribution in [2.75, 3.05) is 24.6 Å². The van der Waals surface area contributed by atoms with Crippen LogP contribution in [0.4, 0.5) is 11.6 Å². The highest BCUT2D eigenvalue weighted by atomic mass is 16.1. The highest BCUT2D eigenvalue weighted by molar-refractivity contribution is 5.80. The number of amides is 1. The number of nitrogens with two attached hydrogens (primary N) is 1. The van der Waals surface area contributed by atoms with E-state index in [4.69, 9.17) is 5.73 Å². The second-order valence-electron chi connectivity index (χ2n) is 3.36. The molecule has 6 nitrogen and oxygen atoms in total. The minimum Gasteiger partial charge on any atom is -0.383 e. The van der Waals surface area contributed by atoms with Gasteiger partial charge in [0.1, 0.15) is 18.0 Å². The fourth-order valence-corrected chi connectivity index (χ4v) is 1.33. The van der Waals surface area contributed by atoms with Crippen molar-refractivity contribution in [3.63, 3.8) is 0 Å². The van der Waals surface area contributed by atoms with Crippen molar-refractivity contribution in [1.29, 1.82) is 0 Å². The van der Waals surface area contributed by atoms with E-state index in [2.05, 4.69) is 27.5 Å². The monoisotopic (exact) mass is 223 g/mol. The lowest BCUT2D eigenvalue weighted by Crippen LogP contribution is -2.27. The molecule has 0 saturated carbocycles. The Balaban J connectivity index is 2.78. The van der Waals surface area contributed by atoms with Gasteiger partial charge in [-0.3, -0.25) is 4.79 Å². The molecular formula is C10H17N5O. The first-order valence-corrected chi connectivity index (χ1v) is 5.22. The lowest BCUT2D eigenvalue weighted by molar-refractivity contribution is -0.118. The van der Waals surface area contributed by atoms with Gasteiger partial charge in [0.2, 0.25) is 5.91 Å². The van der Waals surface area contributed by atoms with Crippen LogP contribution in [0, 0.1) is 0 Å². The highest BCUT2D eigenvalue weighted by Crippen LogP contribution is 2.18. The van der Waals surface area contributed by atoms with Crippen molar-refractivity contribution < 1.29 is 4.79 Å². The van der Waals surface area contributed by atoms with Crippen LogP contribution in [0.3, 0.4) is 0 Å². The molecule has 1 aromatic rings. The minimum absolute atomic E-state index is 0.0976. The van der Waals surface area contributed by atoms with Gasteiger partial charge in [-0.25, -0.2) is 9.97 Å². The number of nitrogen functional groups attached to an aromatic ring is 1. The van der Waals surface area contributed by atoms with E-state index in [1.165, 1.54) is 6.33 Å². The van der Waals surface area contributed by atoms with E-state index in [1.54, 1.807) is 7.05 Å². The molecule has 0 aliphatic heterocycles. The SMILES string of the molecule is CCCc1c(N)ncnc1NCC(=O)NC. The summed E-state index contributed by atoms with van der Waals surface area (Å²) in [4.78, 5) is 19.1. The van der Waals surface area contributed by atoms with Crippen LogP contribution in [-0.4, -0.2) is 29.5 Å². The summed E-state index contributed by atoms with van der Waals surface area (Å²) in [5.41, 5.74) is 6.62. The molecule has 16 heavy (non-hydrogen) atoms. The predicted molar refractivity (Wildman–Crippen MR) is 63.0 cm³/mol. The fourth-order valence-electron chi connectivity index (χ4n) is 1.33. The smallest absolute Gasteiger partial charge is 0.239 e. The number of likely N-dealkylation sites (N-methyl/N-ethyl adjacent to an activating group) is 1. The topological polar surface area (TPSA) is 92.9 Å². The number of anilines is 2. The molecule has 1 rings (SSSR count). The van der Waals surface area contributed by atoms with E-state index in [-0.39, 0.29) is 12.5 Å². The Hall–Kier alpha value is -1.85. The minimum atomic E-state index is -0.0976. The second-order valence-corrected chi connectivity index (χ2v) is 3.36. The zero-order chi connectivity index (χ0) is 12.0. The van der Waals surface area contributed by atoms with Crippen molar-refractivity contribution in [3.8, 4) is 0 Å². The summed E-state index contributed by atoms with van der Waals surface area (Å²) in [5.74, 6) is 1.01. The van der Waals surface area contributed by atoms with E-state index >= 15 is 0 Å². The Bertz CT molecular complexity index is 366. The van der Waals surface area contributed by atoms with Crippen LogP contribution in [0.5, 0.6) is 0 Å². The van der Waals surface area contributed by atoms with Crippen LogP contribution < -0.4 is 16.4 Å². The van der Waals surface area contributed by atoms with E-state index in [0.717, 1.165) is 18.4 Å². The zero-order valence-corrected chi connectivity index (χ0v) is 9.58. The summed E-state index contributed by atoms with van der Waals surface area (Å²) in [7, 11) is 1.59. The van der Waals surface area contributed by atoms with Crippen molar-refractivity contribution in [1.82, 2.24) is 15.3 Å². The summed E-state index contributed by atoms with van der Waals surface area (Å²) in [6, 6.07) is 0. The Labute approximate surface area is 94.7 Å². The molecular weight excluding hydrogens is 206 g/mol. The van der Waals surface area contributed by atoms with Crippen molar-refractivity contribution in [2.45, 2.75) is 19.8 Å². The molecule has 6 heteroatoms. The van der Waals surface area contributed by atoms with Gasteiger partial charge >= 0.3 is 0 Å². The van der Waals surface area contributed by atoms with Crippen LogP contribution in [0.15, 0.2) is 6.33 Å². The Morgan fingerprint density at radius 1 is 1.50 bits per heavy atom. The molecule has 0 bridgehead atoms. The number of carbonyl (C=O) groups excluding carboxylic acids is 1. The number of nitrogens with zero attached hydrogens (tertiary/aromatic N) is 2. The maximum Gasteiger partial charge on any atom is 0.239 e. The molecule has 0 fully saturated rings.